The molecule has 0 unspecified atom stereocenters. The van der Waals surface area contributed by atoms with Gasteiger partial charge in [-0.2, -0.15) is 0 Å². The molecular weight excluding hydrogens is 394 g/mol. The number of phenolic OH excluding ortho intramolecular Hbond substituents is 1. The summed E-state index contributed by atoms with van der Waals surface area (Å²) in [5.74, 6) is 0.933. The second-order valence-electron chi connectivity index (χ2n) is 7.96. The Kier molecular flexibility index (Phi) is 6.61. The highest BCUT2D eigenvalue weighted by Gasteiger charge is 2.13. The van der Waals surface area contributed by atoms with Crippen LogP contribution < -0.4 is 4.74 Å². The quantitative estimate of drug-likeness (QED) is 0.474. The summed E-state index contributed by atoms with van der Waals surface area (Å²) in [7, 11) is 1.60. The molecule has 3 nitrogen and oxygen atoms in total. The fourth-order valence-electron chi connectivity index (χ4n) is 4.18. The molecule has 1 aliphatic heterocycles. The lowest BCUT2D eigenvalue weighted by molar-refractivity contribution is 0.289. The van der Waals surface area contributed by atoms with Crippen LogP contribution in [0.3, 0.4) is 0 Å². The third kappa shape index (κ3) is 4.80. The smallest absolute Gasteiger partial charge is 0.138 e. The number of methoxy groups -OCH3 is 1. The fraction of sp³-hybridized carbons (Fsp3) is 0.308. The van der Waals surface area contributed by atoms with Crippen LogP contribution in [0.25, 0.3) is 10.8 Å². The Morgan fingerprint density at radius 2 is 1.93 bits per heavy atom. The second kappa shape index (κ2) is 9.55. The van der Waals surface area contributed by atoms with Gasteiger partial charge in [-0.1, -0.05) is 59.6 Å². The van der Waals surface area contributed by atoms with E-state index in [9.17, 15) is 5.11 Å². The van der Waals surface area contributed by atoms with Crippen molar-refractivity contribution in [1.82, 2.24) is 4.90 Å². The summed E-state index contributed by atoms with van der Waals surface area (Å²) in [5, 5.41) is 12.9. The summed E-state index contributed by atoms with van der Waals surface area (Å²) < 4.78 is 5.27. The lowest BCUT2D eigenvalue weighted by Crippen LogP contribution is -2.30. The van der Waals surface area contributed by atoms with Crippen LogP contribution in [0, 0.1) is 0 Å². The molecule has 0 spiro atoms. The zero-order chi connectivity index (χ0) is 20.9. The van der Waals surface area contributed by atoms with E-state index in [4.69, 9.17) is 16.3 Å². The first-order chi connectivity index (χ1) is 14.6. The van der Waals surface area contributed by atoms with Crippen molar-refractivity contribution in [3.63, 3.8) is 0 Å². The summed E-state index contributed by atoms with van der Waals surface area (Å²) in [6.07, 6.45) is 6.45. The van der Waals surface area contributed by atoms with E-state index in [1.165, 1.54) is 11.1 Å². The van der Waals surface area contributed by atoms with Crippen molar-refractivity contribution in [2.45, 2.75) is 25.7 Å². The highest BCUT2D eigenvalue weighted by Crippen LogP contribution is 2.36. The number of rotatable bonds is 7. The summed E-state index contributed by atoms with van der Waals surface area (Å²) in [6.45, 7) is 3.16. The predicted octanol–water partition coefficient (Wildman–Crippen LogP) is 6.01. The van der Waals surface area contributed by atoms with Gasteiger partial charge in [0.25, 0.3) is 0 Å². The highest BCUT2D eigenvalue weighted by atomic mass is 35.5. The van der Waals surface area contributed by atoms with Crippen molar-refractivity contribution in [2.24, 2.45) is 0 Å². The fourth-order valence-corrected chi connectivity index (χ4v) is 4.48. The molecule has 156 valence electrons. The molecule has 3 aromatic carbocycles. The maximum Gasteiger partial charge on any atom is 0.138 e. The van der Waals surface area contributed by atoms with Gasteiger partial charge in [0, 0.05) is 18.5 Å². The summed E-state index contributed by atoms with van der Waals surface area (Å²) in [5.41, 5.74) is 3.90. The van der Waals surface area contributed by atoms with Crippen molar-refractivity contribution < 1.29 is 9.84 Å². The molecule has 0 atom stereocenters. The highest BCUT2D eigenvalue weighted by molar-refractivity contribution is 6.37. The molecule has 1 heterocycles. The van der Waals surface area contributed by atoms with Gasteiger partial charge >= 0.3 is 0 Å². The Morgan fingerprint density at radius 1 is 1.10 bits per heavy atom. The van der Waals surface area contributed by atoms with Crippen LogP contribution in [0.4, 0.5) is 0 Å². The molecule has 0 aromatic heterocycles. The molecule has 1 aliphatic rings. The molecule has 0 radical (unpaired) electrons. The van der Waals surface area contributed by atoms with Crippen LogP contribution in [0.15, 0.2) is 66.2 Å². The number of benzene rings is 3. The summed E-state index contributed by atoms with van der Waals surface area (Å²) in [6, 6.07) is 18.4. The molecule has 0 bridgehead atoms. The van der Waals surface area contributed by atoms with Gasteiger partial charge in [0.2, 0.25) is 0 Å². The van der Waals surface area contributed by atoms with Crippen LogP contribution in [0.5, 0.6) is 11.5 Å². The van der Waals surface area contributed by atoms with Crippen molar-refractivity contribution in [3.05, 3.63) is 82.4 Å². The average molecular weight is 422 g/mol. The van der Waals surface area contributed by atoms with Crippen LogP contribution in [-0.2, 0) is 12.8 Å². The second-order valence-corrected chi connectivity index (χ2v) is 8.34. The van der Waals surface area contributed by atoms with Crippen molar-refractivity contribution in [3.8, 4) is 11.5 Å². The first-order valence-corrected chi connectivity index (χ1v) is 10.9. The normalized spacial score (nSPS) is 14.7. The molecule has 0 amide bonds. The van der Waals surface area contributed by atoms with E-state index in [0.29, 0.717) is 16.5 Å². The summed E-state index contributed by atoms with van der Waals surface area (Å²) in [4.78, 5) is 2.49. The third-order valence-electron chi connectivity index (χ3n) is 5.92. The van der Waals surface area contributed by atoms with Gasteiger partial charge < -0.3 is 9.84 Å². The van der Waals surface area contributed by atoms with Crippen LogP contribution in [0.2, 0.25) is 5.02 Å². The Morgan fingerprint density at radius 3 is 2.67 bits per heavy atom. The lowest BCUT2D eigenvalue weighted by atomic mass is 9.99. The molecule has 0 saturated heterocycles. The molecule has 0 saturated carbocycles. The molecule has 3 aromatic rings. The number of aryl methyl sites for hydroxylation is 1. The van der Waals surface area contributed by atoms with Gasteiger partial charge in [0.05, 0.1) is 12.1 Å². The largest absolute Gasteiger partial charge is 0.508 e. The number of halogens is 1. The van der Waals surface area contributed by atoms with Crippen LogP contribution in [0.1, 0.15) is 24.0 Å². The van der Waals surface area contributed by atoms with E-state index in [1.54, 1.807) is 13.2 Å². The van der Waals surface area contributed by atoms with E-state index < -0.39 is 0 Å². The van der Waals surface area contributed by atoms with Crippen LogP contribution in [-0.4, -0.2) is 36.8 Å². The van der Waals surface area contributed by atoms with E-state index in [2.05, 4.69) is 41.3 Å². The van der Waals surface area contributed by atoms with E-state index in [1.807, 2.05) is 18.2 Å². The lowest BCUT2D eigenvalue weighted by Gasteiger charge is -2.26. The first-order valence-electron chi connectivity index (χ1n) is 10.6. The monoisotopic (exact) mass is 421 g/mol. The summed E-state index contributed by atoms with van der Waals surface area (Å²) >= 11 is 6.39. The Bertz CT molecular complexity index is 1050. The minimum atomic E-state index is 0.307. The number of fused-ring (bicyclic) bond motifs is 1. The number of aromatic hydroxyl groups is 1. The van der Waals surface area contributed by atoms with Gasteiger partial charge in [-0.25, -0.2) is 0 Å². The minimum absolute atomic E-state index is 0.307. The minimum Gasteiger partial charge on any atom is -0.508 e. The van der Waals surface area contributed by atoms with E-state index >= 15 is 0 Å². The molecule has 30 heavy (non-hydrogen) atoms. The predicted molar refractivity (Wildman–Crippen MR) is 125 cm³/mol. The average Bonchev–Trinajstić information content (AvgIpc) is 2.77. The number of nitrogens with zero attached hydrogens (tertiary/aromatic N) is 1. The topological polar surface area (TPSA) is 32.7 Å². The zero-order valence-corrected chi connectivity index (χ0v) is 18.2. The molecule has 0 aliphatic carbocycles. The number of hydrogen-bond acceptors (Lipinski definition) is 3. The number of hydrogen-bond donors (Lipinski definition) is 1. The Balaban J connectivity index is 1.32. The molecular formula is C26H28ClNO2. The number of phenols is 1. The van der Waals surface area contributed by atoms with Crippen molar-refractivity contribution in [1.29, 1.82) is 0 Å². The van der Waals surface area contributed by atoms with Gasteiger partial charge in [0.1, 0.15) is 11.5 Å². The van der Waals surface area contributed by atoms with E-state index in [0.717, 1.165) is 61.7 Å². The van der Waals surface area contributed by atoms with Crippen molar-refractivity contribution >= 4 is 22.4 Å². The molecule has 4 heteroatoms. The third-order valence-corrected chi connectivity index (χ3v) is 6.31. The maximum atomic E-state index is 10.5. The van der Waals surface area contributed by atoms with Crippen molar-refractivity contribution in [2.75, 3.05) is 26.7 Å². The standard InChI is InChI=1S/C26H28ClNO2/c1-30-25-10-9-21-17-22(24(29)18-23(21)26(25)27)8-5-13-28-14-11-20(12-15-28)16-19-6-3-2-4-7-19/h2-4,6-7,9-11,17-18,29H,5,8,12-16H2,1H3. The molecule has 1 N–H and O–H groups in total. The van der Waals surface area contributed by atoms with Crippen LogP contribution >= 0.6 is 11.6 Å². The van der Waals surface area contributed by atoms with Gasteiger partial charge in [-0.05, 0) is 66.9 Å². The number of ether oxygens (including phenoxy) is 1. The zero-order valence-electron chi connectivity index (χ0n) is 17.4. The molecule has 4 rings (SSSR count). The van der Waals surface area contributed by atoms with Gasteiger partial charge in [-0.3, -0.25) is 4.90 Å². The van der Waals surface area contributed by atoms with Gasteiger partial charge in [-0.15, -0.1) is 0 Å². The SMILES string of the molecule is COc1ccc2cc(CCCN3CC=C(Cc4ccccc4)CC3)c(O)cc2c1Cl. The molecule has 0 fully saturated rings. The van der Waals surface area contributed by atoms with E-state index in [-0.39, 0.29) is 0 Å². The first kappa shape index (κ1) is 20.8. The Hall–Kier alpha value is -2.49. The Labute approximate surface area is 183 Å². The van der Waals surface area contributed by atoms with Gasteiger partial charge in [0.15, 0.2) is 0 Å². The maximum absolute atomic E-state index is 10.5.